The predicted octanol–water partition coefficient (Wildman–Crippen LogP) is 6.92. The van der Waals surface area contributed by atoms with Gasteiger partial charge in [-0.3, -0.25) is 0 Å². The molecular formula is C24H39BrO3. The van der Waals surface area contributed by atoms with Crippen LogP contribution in [0.5, 0.6) is 0 Å². The molecule has 0 unspecified atom stereocenters. The maximum atomic E-state index is 5.82. The number of hydrogen-bond donors (Lipinski definition) is 0. The van der Waals surface area contributed by atoms with Gasteiger partial charge in [0.25, 0.3) is 0 Å². The fraction of sp³-hybridized carbons (Fsp3) is 0.750. The average molecular weight is 455 g/mol. The molecule has 0 saturated carbocycles. The molecule has 1 heterocycles. The summed E-state index contributed by atoms with van der Waals surface area (Å²) in [6.07, 6.45) is 12.7. The Balaban J connectivity index is 1.27. The highest BCUT2D eigenvalue weighted by Gasteiger charge is 2.36. The summed E-state index contributed by atoms with van der Waals surface area (Å²) in [5.74, 6) is 0. The number of halogens is 1. The second-order valence-electron chi connectivity index (χ2n) is 8.22. The Labute approximate surface area is 180 Å². The minimum Gasteiger partial charge on any atom is -0.381 e. The van der Waals surface area contributed by atoms with Crippen molar-refractivity contribution in [1.82, 2.24) is 0 Å². The average Bonchev–Trinajstić information content (AvgIpc) is 2.68. The standard InChI is InChI=1S/C24H39BrO3/c1-2-24(20-28-21-24)15-18-26-16-9-7-5-3-4-6-8-10-17-27-19-22-11-13-23(25)14-12-22/h11-14H,2-10,15-21H2,1H3. The lowest BCUT2D eigenvalue weighted by Gasteiger charge is -2.40. The fourth-order valence-electron chi connectivity index (χ4n) is 3.55. The first kappa shape index (κ1) is 23.9. The zero-order valence-corrected chi connectivity index (χ0v) is 19.3. The van der Waals surface area contributed by atoms with Crippen molar-refractivity contribution >= 4 is 15.9 Å². The van der Waals surface area contributed by atoms with Gasteiger partial charge in [-0.05, 0) is 43.4 Å². The molecule has 1 fully saturated rings. The molecule has 160 valence electrons. The van der Waals surface area contributed by atoms with Crippen molar-refractivity contribution in [2.24, 2.45) is 5.41 Å². The van der Waals surface area contributed by atoms with Crippen LogP contribution >= 0.6 is 15.9 Å². The Hall–Kier alpha value is -0.420. The van der Waals surface area contributed by atoms with Gasteiger partial charge >= 0.3 is 0 Å². The summed E-state index contributed by atoms with van der Waals surface area (Å²) in [7, 11) is 0. The van der Waals surface area contributed by atoms with Crippen LogP contribution in [0.3, 0.4) is 0 Å². The molecule has 0 N–H and O–H groups in total. The molecule has 0 radical (unpaired) electrons. The Morgan fingerprint density at radius 3 is 1.93 bits per heavy atom. The third-order valence-corrected chi connectivity index (χ3v) is 6.38. The van der Waals surface area contributed by atoms with Crippen LogP contribution < -0.4 is 0 Å². The van der Waals surface area contributed by atoms with E-state index in [1.54, 1.807) is 0 Å². The smallest absolute Gasteiger partial charge is 0.0716 e. The molecule has 1 aliphatic heterocycles. The van der Waals surface area contributed by atoms with E-state index in [-0.39, 0.29) is 0 Å². The first-order valence-corrected chi connectivity index (χ1v) is 12.0. The summed E-state index contributed by atoms with van der Waals surface area (Å²) in [6, 6.07) is 8.36. The minimum absolute atomic E-state index is 0.435. The van der Waals surface area contributed by atoms with Crippen LogP contribution in [-0.4, -0.2) is 33.0 Å². The van der Waals surface area contributed by atoms with E-state index in [1.165, 1.54) is 63.4 Å². The monoisotopic (exact) mass is 454 g/mol. The van der Waals surface area contributed by atoms with Crippen LogP contribution in [0.2, 0.25) is 0 Å². The fourth-order valence-corrected chi connectivity index (χ4v) is 3.81. The van der Waals surface area contributed by atoms with Crippen molar-refractivity contribution in [3.63, 3.8) is 0 Å². The molecule has 1 saturated heterocycles. The molecule has 28 heavy (non-hydrogen) atoms. The van der Waals surface area contributed by atoms with Crippen LogP contribution in [0.4, 0.5) is 0 Å². The molecule has 0 amide bonds. The lowest BCUT2D eigenvalue weighted by Crippen LogP contribution is -2.42. The van der Waals surface area contributed by atoms with Gasteiger partial charge in [-0.1, -0.05) is 73.5 Å². The van der Waals surface area contributed by atoms with Crippen LogP contribution in [0.1, 0.15) is 76.7 Å². The van der Waals surface area contributed by atoms with Crippen LogP contribution in [-0.2, 0) is 20.8 Å². The number of hydrogen-bond acceptors (Lipinski definition) is 3. The molecule has 0 aliphatic carbocycles. The zero-order chi connectivity index (χ0) is 19.9. The summed E-state index contributed by atoms with van der Waals surface area (Å²) in [4.78, 5) is 0. The first-order chi connectivity index (χ1) is 13.7. The number of benzene rings is 1. The lowest BCUT2D eigenvalue weighted by atomic mass is 9.80. The van der Waals surface area contributed by atoms with Crippen molar-refractivity contribution in [3.05, 3.63) is 34.3 Å². The summed E-state index contributed by atoms with van der Waals surface area (Å²) in [6.45, 7) is 7.56. The molecule has 3 nitrogen and oxygen atoms in total. The van der Waals surface area contributed by atoms with Gasteiger partial charge in [0.05, 0.1) is 19.8 Å². The Morgan fingerprint density at radius 2 is 1.39 bits per heavy atom. The third kappa shape index (κ3) is 9.87. The minimum atomic E-state index is 0.435. The largest absolute Gasteiger partial charge is 0.381 e. The molecule has 4 heteroatoms. The Bertz CT molecular complexity index is 494. The first-order valence-electron chi connectivity index (χ1n) is 11.2. The van der Waals surface area contributed by atoms with E-state index in [2.05, 4.69) is 47.1 Å². The number of unbranched alkanes of at least 4 members (excludes halogenated alkanes) is 7. The molecule has 1 aliphatic rings. The molecule has 0 spiro atoms. The normalized spacial score (nSPS) is 15.5. The maximum absolute atomic E-state index is 5.82. The molecule has 0 atom stereocenters. The SMILES string of the molecule is CCC1(CCOCCCCCCCCCCOCc2ccc(Br)cc2)COC1. The van der Waals surface area contributed by atoms with Gasteiger partial charge in [-0.2, -0.15) is 0 Å². The summed E-state index contributed by atoms with van der Waals surface area (Å²) in [5.41, 5.74) is 1.68. The lowest BCUT2D eigenvalue weighted by molar-refractivity contribution is -0.127. The van der Waals surface area contributed by atoms with Crippen LogP contribution in [0.15, 0.2) is 28.7 Å². The highest BCUT2D eigenvalue weighted by atomic mass is 79.9. The second kappa shape index (κ2) is 14.5. The Kier molecular flexibility index (Phi) is 12.4. The van der Waals surface area contributed by atoms with Crippen LogP contribution in [0.25, 0.3) is 0 Å². The number of ether oxygens (including phenoxy) is 3. The molecule has 0 bridgehead atoms. The summed E-state index contributed by atoms with van der Waals surface area (Å²) in [5, 5.41) is 0. The zero-order valence-electron chi connectivity index (χ0n) is 17.7. The van der Waals surface area contributed by atoms with Crippen molar-refractivity contribution in [3.8, 4) is 0 Å². The van der Waals surface area contributed by atoms with E-state index in [4.69, 9.17) is 14.2 Å². The predicted molar refractivity (Wildman–Crippen MR) is 120 cm³/mol. The van der Waals surface area contributed by atoms with E-state index in [1.807, 2.05) is 0 Å². The second-order valence-corrected chi connectivity index (χ2v) is 9.13. The molecule has 1 aromatic carbocycles. The number of rotatable bonds is 17. The Morgan fingerprint density at radius 1 is 0.821 bits per heavy atom. The molecular weight excluding hydrogens is 416 g/mol. The van der Waals surface area contributed by atoms with Gasteiger partial charge < -0.3 is 14.2 Å². The van der Waals surface area contributed by atoms with Gasteiger partial charge in [0.15, 0.2) is 0 Å². The van der Waals surface area contributed by atoms with E-state index >= 15 is 0 Å². The van der Waals surface area contributed by atoms with E-state index in [0.29, 0.717) is 5.41 Å². The van der Waals surface area contributed by atoms with E-state index < -0.39 is 0 Å². The van der Waals surface area contributed by atoms with Gasteiger partial charge in [-0.25, -0.2) is 0 Å². The topological polar surface area (TPSA) is 27.7 Å². The van der Waals surface area contributed by atoms with Gasteiger partial charge in [-0.15, -0.1) is 0 Å². The molecule has 2 rings (SSSR count). The van der Waals surface area contributed by atoms with Gasteiger partial charge in [0, 0.05) is 29.7 Å². The highest BCUT2D eigenvalue weighted by molar-refractivity contribution is 9.10. The van der Waals surface area contributed by atoms with Crippen molar-refractivity contribution < 1.29 is 14.2 Å². The molecule has 0 aromatic heterocycles. The van der Waals surface area contributed by atoms with Crippen molar-refractivity contribution in [1.29, 1.82) is 0 Å². The van der Waals surface area contributed by atoms with Crippen molar-refractivity contribution in [2.75, 3.05) is 33.0 Å². The van der Waals surface area contributed by atoms with E-state index in [0.717, 1.165) is 50.5 Å². The van der Waals surface area contributed by atoms with Crippen molar-refractivity contribution in [2.45, 2.75) is 77.7 Å². The van der Waals surface area contributed by atoms with Crippen LogP contribution in [0, 0.1) is 5.41 Å². The van der Waals surface area contributed by atoms with E-state index in [9.17, 15) is 0 Å². The maximum Gasteiger partial charge on any atom is 0.0716 e. The summed E-state index contributed by atoms with van der Waals surface area (Å²) < 4.78 is 18.0. The van der Waals surface area contributed by atoms with Gasteiger partial charge in [0.1, 0.15) is 0 Å². The molecule has 1 aromatic rings. The third-order valence-electron chi connectivity index (χ3n) is 5.85. The highest BCUT2D eigenvalue weighted by Crippen LogP contribution is 2.34. The quantitative estimate of drug-likeness (QED) is 0.239. The summed E-state index contributed by atoms with van der Waals surface area (Å²) >= 11 is 3.45. The van der Waals surface area contributed by atoms with Gasteiger partial charge in [0.2, 0.25) is 0 Å².